The van der Waals surface area contributed by atoms with E-state index in [1.165, 1.54) is 23.5 Å². The molecule has 0 saturated carbocycles. The van der Waals surface area contributed by atoms with E-state index in [0.717, 1.165) is 29.5 Å². The van der Waals surface area contributed by atoms with Gasteiger partial charge in [0.1, 0.15) is 28.9 Å². The number of ether oxygens (including phenoxy) is 1. The van der Waals surface area contributed by atoms with Crippen molar-refractivity contribution >= 4 is 23.2 Å². The molecule has 8 heteroatoms. The molecule has 1 N–H and O–H groups in total. The maximum atomic E-state index is 13.5. The van der Waals surface area contributed by atoms with Crippen LogP contribution in [0.1, 0.15) is 65.4 Å². The lowest BCUT2D eigenvalue weighted by Crippen LogP contribution is -2.39. The summed E-state index contributed by atoms with van der Waals surface area (Å²) >= 11 is 1.38. The Morgan fingerprint density at radius 1 is 1.23 bits per heavy atom. The van der Waals surface area contributed by atoms with E-state index >= 15 is 0 Å². The maximum absolute atomic E-state index is 13.5. The Morgan fingerprint density at radius 2 is 2.00 bits per heavy atom. The van der Waals surface area contributed by atoms with Crippen molar-refractivity contribution in [3.63, 3.8) is 0 Å². The highest BCUT2D eigenvalue weighted by molar-refractivity contribution is 7.09. The van der Waals surface area contributed by atoms with Gasteiger partial charge in [-0.25, -0.2) is 9.37 Å². The van der Waals surface area contributed by atoms with Crippen LogP contribution < -0.4 is 10.1 Å². The first-order chi connectivity index (χ1) is 16.8. The summed E-state index contributed by atoms with van der Waals surface area (Å²) in [5, 5.41) is 5.34. The van der Waals surface area contributed by atoms with Gasteiger partial charge < -0.3 is 15.0 Å². The highest BCUT2D eigenvalue weighted by Gasteiger charge is 2.31. The van der Waals surface area contributed by atoms with E-state index in [0.29, 0.717) is 35.5 Å². The van der Waals surface area contributed by atoms with Gasteiger partial charge in [0.05, 0.1) is 6.04 Å². The number of nitrogens with one attached hydrogen (secondary N) is 1. The second-order valence-electron chi connectivity index (χ2n) is 9.13. The monoisotopic (exact) mass is 495 g/mol. The van der Waals surface area contributed by atoms with E-state index in [9.17, 15) is 14.0 Å². The van der Waals surface area contributed by atoms with Gasteiger partial charge in [-0.05, 0) is 59.7 Å². The minimum atomic E-state index is -0.312. The molecule has 1 atom stereocenters. The zero-order valence-corrected chi connectivity index (χ0v) is 21.0. The van der Waals surface area contributed by atoms with Crippen LogP contribution in [0.15, 0.2) is 47.8 Å². The normalized spacial score (nSPS) is 15.1. The largest absolute Gasteiger partial charge is 0.486 e. The van der Waals surface area contributed by atoms with E-state index in [2.05, 4.69) is 24.1 Å². The Balaban J connectivity index is 1.48. The minimum absolute atomic E-state index is 0.0294. The van der Waals surface area contributed by atoms with Crippen molar-refractivity contribution in [2.75, 3.05) is 13.1 Å². The predicted octanol–water partition coefficient (Wildman–Crippen LogP) is 5.13. The highest BCUT2D eigenvalue weighted by atomic mass is 32.1. The summed E-state index contributed by atoms with van der Waals surface area (Å²) in [6, 6.07) is 11.9. The van der Waals surface area contributed by atoms with Crippen molar-refractivity contribution in [1.29, 1.82) is 0 Å². The van der Waals surface area contributed by atoms with Crippen molar-refractivity contribution in [3.05, 3.63) is 81.1 Å². The molecule has 2 aromatic carbocycles. The molecule has 0 radical (unpaired) electrons. The Labute approximate surface area is 209 Å². The van der Waals surface area contributed by atoms with E-state index in [-0.39, 0.29) is 30.3 Å². The number of carbonyl (C=O) groups is 2. The average Bonchev–Trinajstić information content (AvgIpc) is 3.31. The number of nitrogens with zero attached hydrogens (tertiary/aromatic N) is 2. The number of halogens is 1. The van der Waals surface area contributed by atoms with E-state index in [1.807, 2.05) is 23.1 Å². The van der Waals surface area contributed by atoms with Crippen LogP contribution in [0.3, 0.4) is 0 Å². The number of rotatable bonds is 8. The highest BCUT2D eigenvalue weighted by Crippen LogP contribution is 2.37. The molecule has 184 valence electrons. The van der Waals surface area contributed by atoms with Crippen LogP contribution in [0.5, 0.6) is 5.75 Å². The number of fused-ring (bicyclic) bond motifs is 1. The number of benzene rings is 2. The van der Waals surface area contributed by atoms with Gasteiger partial charge in [0.25, 0.3) is 5.91 Å². The molecule has 1 aliphatic rings. The van der Waals surface area contributed by atoms with Crippen LogP contribution >= 0.6 is 11.3 Å². The molecule has 3 aromatic rings. The molecule has 0 bridgehead atoms. The molecule has 35 heavy (non-hydrogen) atoms. The van der Waals surface area contributed by atoms with Gasteiger partial charge in [-0.3, -0.25) is 9.59 Å². The quantitative estimate of drug-likeness (QED) is 0.470. The zero-order chi connectivity index (χ0) is 24.9. The molecular weight excluding hydrogens is 465 g/mol. The third-order valence-corrected chi connectivity index (χ3v) is 6.91. The number of amides is 2. The Morgan fingerprint density at radius 3 is 2.71 bits per heavy atom. The molecule has 0 saturated heterocycles. The molecule has 0 aliphatic carbocycles. The summed E-state index contributed by atoms with van der Waals surface area (Å²) in [6.07, 6.45) is 1.67. The fraction of sp³-hybridized carbons (Fsp3) is 0.370. The third kappa shape index (κ3) is 6.06. The number of carbonyl (C=O) groups excluding carboxylic acids is 2. The van der Waals surface area contributed by atoms with Gasteiger partial charge >= 0.3 is 0 Å². The van der Waals surface area contributed by atoms with E-state index in [4.69, 9.17) is 4.74 Å². The van der Waals surface area contributed by atoms with E-state index < -0.39 is 0 Å². The van der Waals surface area contributed by atoms with Crippen LogP contribution in [-0.2, 0) is 17.8 Å². The minimum Gasteiger partial charge on any atom is -0.486 e. The Bertz CT molecular complexity index is 1190. The first-order valence-electron chi connectivity index (χ1n) is 11.8. The Kier molecular flexibility index (Phi) is 7.80. The summed E-state index contributed by atoms with van der Waals surface area (Å²) in [5.41, 5.74) is 3.36. The Hall–Kier alpha value is -3.26. The lowest BCUT2D eigenvalue weighted by molar-refractivity contribution is -0.130. The average molecular weight is 496 g/mol. The molecule has 6 nitrogen and oxygen atoms in total. The van der Waals surface area contributed by atoms with Crippen molar-refractivity contribution < 1.29 is 18.7 Å². The smallest absolute Gasteiger partial charge is 0.270 e. The molecule has 4 rings (SSSR count). The van der Waals surface area contributed by atoms with Gasteiger partial charge in [-0.15, -0.1) is 11.3 Å². The molecule has 2 amide bonds. The second kappa shape index (κ2) is 11.0. The number of hydrogen-bond acceptors (Lipinski definition) is 5. The van der Waals surface area contributed by atoms with Crippen LogP contribution in [0.2, 0.25) is 0 Å². The summed E-state index contributed by atoms with van der Waals surface area (Å²) in [6.45, 7) is 7.25. The fourth-order valence-corrected chi connectivity index (χ4v) is 4.90. The van der Waals surface area contributed by atoms with Gasteiger partial charge in [-0.2, -0.15) is 0 Å². The predicted molar refractivity (Wildman–Crippen MR) is 134 cm³/mol. The maximum Gasteiger partial charge on any atom is 0.270 e. The molecule has 0 fully saturated rings. The third-order valence-electron chi connectivity index (χ3n) is 6.09. The van der Waals surface area contributed by atoms with Gasteiger partial charge in [0, 0.05) is 25.4 Å². The molecule has 0 spiro atoms. The summed E-state index contributed by atoms with van der Waals surface area (Å²) in [4.78, 5) is 30.9. The summed E-state index contributed by atoms with van der Waals surface area (Å²) in [5.74, 6) is 0.662. The molecule has 1 unspecified atom stereocenters. The second-order valence-corrected chi connectivity index (χ2v) is 10.1. The number of aromatic nitrogens is 1. The zero-order valence-electron chi connectivity index (χ0n) is 20.2. The fourth-order valence-electron chi connectivity index (χ4n) is 4.22. The van der Waals surface area contributed by atoms with Crippen molar-refractivity contribution in [3.8, 4) is 5.75 Å². The summed E-state index contributed by atoms with van der Waals surface area (Å²) < 4.78 is 19.6. The first-order valence-corrected chi connectivity index (χ1v) is 12.7. The summed E-state index contributed by atoms with van der Waals surface area (Å²) in [7, 11) is 0. The lowest BCUT2D eigenvalue weighted by Gasteiger charge is -2.37. The number of hydrogen-bond donors (Lipinski definition) is 1. The molecule has 2 heterocycles. The van der Waals surface area contributed by atoms with Crippen LogP contribution in [0, 0.1) is 11.7 Å². The standard InChI is InChI=1S/C27H30FN3O3S/c1-17(2)10-12-29-27(33)24-16-35-25(30-24)15-34-22-9-6-19-11-13-31(18(3)32)26(23(19)14-22)20-4-7-21(28)8-5-20/h4-9,14,16-17,26H,10-13,15H2,1-3H3,(H,29,33). The molecule has 1 aromatic heterocycles. The van der Waals surface area contributed by atoms with Crippen molar-refractivity contribution in [2.45, 2.75) is 46.3 Å². The SMILES string of the molecule is CC(=O)N1CCc2ccc(OCc3nc(C(=O)NCCC(C)C)cs3)cc2C1c1ccc(F)cc1. The van der Waals surface area contributed by atoms with Gasteiger partial charge in [-0.1, -0.05) is 32.0 Å². The first kappa shape index (κ1) is 24.9. The van der Waals surface area contributed by atoms with Crippen molar-refractivity contribution in [2.24, 2.45) is 5.92 Å². The molecular formula is C27H30FN3O3S. The number of thiazole rings is 1. The van der Waals surface area contributed by atoms with Crippen molar-refractivity contribution in [1.82, 2.24) is 15.2 Å². The van der Waals surface area contributed by atoms with Gasteiger partial charge in [0.2, 0.25) is 5.91 Å². The topological polar surface area (TPSA) is 71.5 Å². The van der Waals surface area contributed by atoms with Gasteiger partial charge in [0.15, 0.2) is 0 Å². The van der Waals surface area contributed by atoms with Crippen LogP contribution in [0.25, 0.3) is 0 Å². The van der Waals surface area contributed by atoms with E-state index in [1.54, 1.807) is 24.4 Å². The lowest BCUT2D eigenvalue weighted by atomic mass is 9.88. The molecule has 1 aliphatic heterocycles. The van der Waals surface area contributed by atoms with Crippen LogP contribution in [0.4, 0.5) is 4.39 Å². The van der Waals surface area contributed by atoms with Crippen LogP contribution in [-0.4, -0.2) is 34.8 Å².